The Morgan fingerprint density at radius 3 is 2.50 bits per heavy atom. The van der Waals surface area contributed by atoms with Crippen LogP contribution in [0, 0.1) is 5.92 Å². The topological polar surface area (TPSA) is 112 Å². The maximum atomic E-state index is 14.3. The number of aromatic nitrogens is 3. The molecule has 0 unspecified atom stereocenters. The number of hydrogen-bond acceptors (Lipinski definition) is 5. The predicted octanol–water partition coefficient (Wildman–Crippen LogP) is 5.11. The summed E-state index contributed by atoms with van der Waals surface area (Å²) in [6.07, 6.45) is -0.977. The summed E-state index contributed by atoms with van der Waals surface area (Å²) in [7, 11) is 1.83. The quantitative estimate of drug-likeness (QED) is 0.400. The molecular formula is C30H32F3N5O4. The van der Waals surface area contributed by atoms with Crippen LogP contribution in [0.3, 0.4) is 0 Å². The van der Waals surface area contributed by atoms with Crippen LogP contribution in [-0.2, 0) is 31.7 Å². The second-order valence-corrected chi connectivity index (χ2v) is 12.1. The van der Waals surface area contributed by atoms with Gasteiger partial charge in [0.05, 0.1) is 17.5 Å². The number of hydrogen-bond donors (Lipinski definition) is 2. The van der Waals surface area contributed by atoms with E-state index in [9.17, 15) is 33.0 Å². The van der Waals surface area contributed by atoms with Gasteiger partial charge < -0.3 is 19.7 Å². The highest BCUT2D eigenvalue weighted by Gasteiger charge is 2.50. The summed E-state index contributed by atoms with van der Waals surface area (Å²) in [5.74, 6) is 0.219. The Labute approximate surface area is 240 Å². The van der Waals surface area contributed by atoms with Crippen LogP contribution in [0.5, 0.6) is 0 Å². The van der Waals surface area contributed by atoms with Crippen LogP contribution >= 0.6 is 0 Å². The predicted molar refractivity (Wildman–Crippen MR) is 146 cm³/mol. The zero-order valence-corrected chi connectivity index (χ0v) is 23.4. The van der Waals surface area contributed by atoms with Crippen LogP contribution in [0.2, 0.25) is 0 Å². The number of benzene rings is 2. The van der Waals surface area contributed by atoms with Crippen LogP contribution in [-0.4, -0.2) is 54.0 Å². The third kappa shape index (κ3) is 4.43. The fourth-order valence-electron chi connectivity index (χ4n) is 6.94. The second-order valence-electron chi connectivity index (χ2n) is 12.1. The Morgan fingerprint density at radius 1 is 1.19 bits per heavy atom. The molecule has 0 radical (unpaired) electrons. The molecule has 2 aromatic carbocycles. The number of carboxylic acid groups (broad SMARTS) is 1. The van der Waals surface area contributed by atoms with Gasteiger partial charge in [-0.3, -0.25) is 9.69 Å². The molecule has 12 heteroatoms. The van der Waals surface area contributed by atoms with Gasteiger partial charge in [-0.15, -0.1) is 10.2 Å². The van der Waals surface area contributed by atoms with Crippen LogP contribution in [0.4, 0.5) is 23.7 Å². The fourth-order valence-corrected chi connectivity index (χ4v) is 6.94. The van der Waals surface area contributed by atoms with Crippen molar-refractivity contribution in [1.29, 1.82) is 0 Å². The Bertz CT molecular complexity index is 1560. The van der Waals surface area contributed by atoms with Crippen molar-refractivity contribution in [2.24, 2.45) is 13.0 Å². The van der Waals surface area contributed by atoms with Gasteiger partial charge in [0.2, 0.25) is 0 Å². The van der Waals surface area contributed by atoms with Crippen LogP contribution in [0.1, 0.15) is 77.5 Å². The van der Waals surface area contributed by atoms with Crippen molar-refractivity contribution in [3.63, 3.8) is 0 Å². The number of carbonyl (C=O) groups is 2. The van der Waals surface area contributed by atoms with Gasteiger partial charge in [-0.2, -0.15) is 13.2 Å². The summed E-state index contributed by atoms with van der Waals surface area (Å²) in [5.41, 5.74) is -0.885. The van der Waals surface area contributed by atoms with E-state index in [1.165, 1.54) is 15.9 Å². The van der Waals surface area contributed by atoms with Gasteiger partial charge in [0.25, 0.3) is 5.91 Å². The van der Waals surface area contributed by atoms with Crippen LogP contribution in [0.15, 0.2) is 42.7 Å². The lowest BCUT2D eigenvalue weighted by atomic mass is 9.58. The smallest absolute Gasteiger partial charge is 0.416 e. The van der Waals surface area contributed by atoms with E-state index in [2.05, 4.69) is 10.2 Å². The number of aliphatic hydroxyl groups excluding tert-OH is 1. The first-order valence-electron chi connectivity index (χ1n) is 14.0. The van der Waals surface area contributed by atoms with E-state index in [0.717, 1.165) is 18.1 Å². The van der Waals surface area contributed by atoms with E-state index in [4.69, 9.17) is 0 Å². The minimum atomic E-state index is -4.73. The Kier molecular flexibility index (Phi) is 6.60. The second kappa shape index (κ2) is 9.82. The standard InChI is InChI=1S/C30H32F3N5O4/c1-28(7-4-8-28)38(27(41)42)14-18-9-22-23(24(10-18)30(31,32)33)15-37(25(22)40)21-6-3-5-20(11-21)29(12-19(13-29)16-39)26-35-34-17-36(26)2/h3,5-6,9-11,17,19,39H,4,7-8,12-16H2,1-2H3,(H,41,42). The van der Waals surface area contributed by atoms with E-state index < -0.39 is 34.7 Å². The van der Waals surface area contributed by atoms with E-state index in [1.54, 1.807) is 25.4 Å². The maximum Gasteiger partial charge on any atom is 0.416 e. The van der Waals surface area contributed by atoms with Crippen molar-refractivity contribution in [3.05, 3.63) is 76.4 Å². The molecule has 222 valence electrons. The van der Waals surface area contributed by atoms with E-state index in [1.807, 2.05) is 23.7 Å². The van der Waals surface area contributed by atoms with Crippen LogP contribution < -0.4 is 4.90 Å². The van der Waals surface area contributed by atoms with Gasteiger partial charge in [-0.05, 0) is 85.9 Å². The molecule has 0 bridgehead atoms. The summed E-state index contributed by atoms with van der Waals surface area (Å²) < 4.78 is 44.8. The van der Waals surface area contributed by atoms with Crippen molar-refractivity contribution in [2.75, 3.05) is 11.5 Å². The summed E-state index contributed by atoms with van der Waals surface area (Å²) in [5, 5.41) is 27.9. The third-order valence-electron chi connectivity index (χ3n) is 9.44. The number of aliphatic hydroxyl groups is 1. The first-order valence-corrected chi connectivity index (χ1v) is 14.0. The number of amides is 2. The van der Waals surface area contributed by atoms with E-state index >= 15 is 0 Å². The number of alkyl halides is 3. The number of carbonyl (C=O) groups excluding carboxylic acids is 1. The SMILES string of the molecule is Cn1cnnc1C1(c2cccc(N3Cc4c(cc(CN(C(=O)O)C5(C)CCC5)cc4C(F)(F)F)C3=O)c2)CC(CO)C1. The van der Waals surface area contributed by atoms with Crippen molar-refractivity contribution < 1.29 is 33.0 Å². The van der Waals surface area contributed by atoms with Crippen molar-refractivity contribution in [3.8, 4) is 0 Å². The highest BCUT2D eigenvalue weighted by molar-refractivity contribution is 6.10. The fraction of sp³-hybridized carbons (Fsp3) is 0.467. The summed E-state index contributed by atoms with van der Waals surface area (Å²) >= 11 is 0. The molecule has 2 aliphatic carbocycles. The molecule has 0 atom stereocenters. The lowest BCUT2D eigenvalue weighted by Gasteiger charge is -2.46. The Hall–Kier alpha value is -3.93. The average molecular weight is 584 g/mol. The number of nitrogens with zero attached hydrogens (tertiary/aromatic N) is 5. The van der Waals surface area contributed by atoms with Gasteiger partial charge in [-0.1, -0.05) is 12.1 Å². The molecule has 3 aliphatic rings. The summed E-state index contributed by atoms with van der Waals surface area (Å²) in [4.78, 5) is 28.3. The monoisotopic (exact) mass is 583 g/mol. The third-order valence-corrected chi connectivity index (χ3v) is 9.44. The molecule has 9 nitrogen and oxygen atoms in total. The number of aryl methyl sites for hydroxylation is 1. The molecule has 0 spiro atoms. The van der Waals surface area contributed by atoms with Crippen molar-refractivity contribution >= 4 is 17.7 Å². The summed E-state index contributed by atoms with van der Waals surface area (Å²) in [6.45, 7) is 1.32. The first-order chi connectivity index (χ1) is 19.9. The van der Waals surface area contributed by atoms with Gasteiger partial charge in [0.15, 0.2) is 0 Å². The lowest BCUT2D eigenvalue weighted by Crippen LogP contribution is -2.53. The van der Waals surface area contributed by atoms with Gasteiger partial charge >= 0.3 is 12.3 Å². The molecule has 1 aliphatic heterocycles. The zero-order chi connectivity index (χ0) is 30.0. The largest absolute Gasteiger partial charge is 0.465 e. The van der Waals surface area contributed by atoms with Crippen molar-refractivity contribution in [1.82, 2.24) is 19.7 Å². The molecule has 1 aromatic heterocycles. The molecule has 42 heavy (non-hydrogen) atoms. The molecule has 2 saturated carbocycles. The number of fused-ring (bicyclic) bond motifs is 1. The van der Waals surface area contributed by atoms with Gasteiger partial charge in [-0.25, -0.2) is 4.79 Å². The summed E-state index contributed by atoms with van der Waals surface area (Å²) in [6, 6.07) is 9.57. The van der Waals surface area contributed by atoms with E-state index in [0.29, 0.717) is 37.2 Å². The Balaban J connectivity index is 1.36. The molecule has 2 N–H and O–H groups in total. The molecule has 6 rings (SSSR count). The molecule has 2 heterocycles. The maximum absolute atomic E-state index is 14.3. The molecular weight excluding hydrogens is 551 g/mol. The highest BCUT2D eigenvalue weighted by atomic mass is 19.4. The normalized spacial score (nSPS) is 22.9. The highest BCUT2D eigenvalue weighted by Crippen LogP contribution is 2.52. The Morgan fingerprint density at radius 2 is 1.93 bits per heavy atom. The molecule has 2 fully saturated rings. The number of rotatable bonds is 7. The molecule has 3 aromatic rings. The molecule has 2 amide bonds. The molecule has 0 saturated heterocycles. The minimum absolute atomic E-state index is 0.0280. The number of halogens is 3. The lowest BCUT2D eigenvalue weighted by molar-refractivity contribution is -0.138. The first kappa shape index (κ1) is 28.2. The van der Waals surface area contributed by atoms with Gasteiger partial charge in [0.1, 0.15) is 12.2 Å². The average Bonchev–Trinajstić information content (AvgIpc) is 3.48. The minimum Gasteiger partial charge on any atom is -0.465 e. The zero-order valence-electron chi connectivity index (χ0n) is 23.4. The number of anilines is 1. The van der Waals surface area contributed by atoms with Crippen molar-refractivity contribution in [2.45, 2.75) is 69.2 Å². The van der Waals surface area contributed by atoms with Gasteiger partial charge in [0, 0.05) is 37.0 Å². The van der Waals surface area contributed by atoms with E-state index in [-0.39, 0.29) is 42.3 Å². The van der Waals surface area contributed by atoms with Crippen LogP contribution in [0.25, 0.3) is 0 Å².